The molecule has 0 spiro atoms. The van der Waals surface area contributed by atoms with Gasteiger partial charge in [0.05, 0.1) is 23.9 Å². The number of thioether (sulfide) groups is 1. The Balaban J connectivity index is 1.30. The molecule has 1 saturated heterocycles. The number of rotatable bonds is 19. The number of amides is 1. The molecular weight excluding hydrogens is 404 g/mol. The van der Waals surface area contributed by atoms with E-state index in [-0.39, 0.29) is 17.3 Å². The summed E-state index contributed by atoms with van der Waals surface area (Å²) >= 11 is 1.77. The molecule has 0 saturated carbocycles. The van der Waals surface area contributed by atoms with Crippen molar-refractivity contribution >= 4 is 17.7 Å². The monoisotopic (exact) mass is 450 g/mol. The van der Waals surface area contributed by atoms with Crippen molar-refractivity contribution in [2.75, 3.05) is 12.3 Å². The lowest BCUT2D eigenvalue weighted by Crippen LogP contribution is -2.42. The van der Waals surface area contributed by atoms with Crippen molar-refractivity contribution in [3.8, 4) is 0 Å². The Morgan fingerprint density at radius 1 is 0.935 bits per heavy atom. The van der Waals surface area contributed by atoms with Gasteiger partial charge in [-0.25, -0.2) is 0 Å². The van der Waals surface area contributed by atoms with Crippen molar-refractivity contribution in [2.45, 2.75) is 121 Å². The molecule has 1 aromatic heterocycles. The average Bonchev–Trinajstić information content (AvgIpc) is 3.48. The summed E-state index contributed by atoms with van der Waals surface area (Å²) in [6.07, 6.45) is 25.4. The zero-order valence-corrected chi connectivity index (χ0v) is 20.7. The first-order valence-electron chi connectivity index (χ1n) is 13.0. The molecule has 2 atom stereocenters. The lowest BCUT2D eigenvalue weighted by atomic mass is 10.0. The minimum atomic E-state index is -0.0917. The van der Waals surface area contributed by atoms with Gasteiger partial charge in [-0.15, -0.1) is 11.8 Å². The highest BCUT2D eigenvalue weighted by Gasteiger charge is 2.30. The SMILES string of the molecule is CCCCCCCCCCCCCCCCCCNC(=O)C1CSC(c2ccoc2)N1. The first-order chi connectivity index (χ1) is 15.3. The number of carbonyl (C=O) groups excluding carboxylic acids is 1. The van der Waals surface area contributed by atoms with Crippen LogP contribution in [0.4, 0.5) is 0 Å². The third kappa shape index (κ3) is 12.0. The molecule has 4 nitrogen and oxygen atoms in total. The molecule has 1 amide bonds. The minimum absolute atomic E-state index is 0.0917. The van der Waals surface area contributed by atoms with Crippen LogP contribution in [0.3, 0.4) is 0 Å². The van der Waals surface area contributed by atoms with Gasteiger partial charge in [-0.1, -0.05) is 103 Å². The van der Waals surface area contributed by atoms with Crippen LogP contribution in [-0.2, 0) is 4.79 Å². The smallest absolute Gasteiger partial charge is 0.238 e. The summed E-state index contributed by atoms with van der Waals surface area (Å²) in [7, 11) is 0. The molecule has 31 heavy (non-hydrogen) atoms. The number of unbranched alkanes of at least 4 members (excludes halogenated alkanes) is 15. The van der Waals surface area contributed by atoms with Crippen molar-refractivity contribution in [2.24, 2.45) is 0 Å². The van der Waals surface area contributed by atoms with Gasteiger partial charge >= 0.3 is 0 Å². The number of furan rings is 1. The second-order valence-electron chi connectivity index (χ2n) is 9.08. The summed E-state index contributed by atoms with van der Waals surface area (Å²) < 4.78 is 5.14. The molecule has 1 fully saturated rings. The highest BCUT2D eigenvalue weighted by molar-refractivity contribution is 7.99. The van der Waals surface area contributed by atoms with Crippen LogP contribution in [0.5, 0.6) is 0 Å². The lowest BCUT2D eigenvalue weighted by molar-refractivity contribution is -0.122. The van der Waals surface area contributed by atoms with Crippen LogP contribution in [-0.4, -0.2) is 24.2 Å². The molecule has 2 N–H and O–H groups in total. The molecule has 1 aliphatic rings. The predicted molar refractivity (Wildman–Crippen MR) is 133 cm³/mol. The Kier molecular flexibility index (Phi) is 14.9. The molecule has 0 aliphatic carbocycles. The van der Waals surface area contributed by atoms with Gasteiger partial charge in [0, 0.05) is 17.9 Å². The van der Waals surface area contributed by atoms with E-state index in [4.69, 9.17) is 4.42 Å². The molecule has 178 valence electrons. The minimum Gasteiger partial charge on any atom is -0.472 e. The Morgan fingerprint density at radius 2 is 1.48 bits per heavy atom. The number of hydrogen-bond donors (Lipinski definition) is 2. The van der Waals surface area contributed by atoms with Crippen LogP contribution in [0, 0.1) is 0 Å². The number of carbonyl (C=O) groups is 1. The molecule has 1 aliphatic heterocycles. The van der Waals surface area contributed by atoms with Gasteiger partial charge in [-0.3, -0.25) is 10.1 Å². The van der Waals surface area contributed by atoms with E-state index < -0.39 is 0 Å². The molecule has 0 aromatic carbocycles. The van der Waals surface area contributed by atoms with Gasteiger partial charge in [0.25, 0.3) is 0 Å². The Hall–Kier alpha value is -0.940. The maximum Gasteiger partial charge on any atom is 0.238 e. The predicted octanol–water partition coefficient (Wildman–Crippen LogP) is 7.36. The maximum atomic E-state index is 12.3. The fourth-order valence-corrected chi connectivity index (χ4v) is 5.47. The normalized spacial score (nSPS) is 18.5. The molecular formula is C26H46N2O2S. The standard InChI is InChI=1S/C26H46N2O2S/c1-2-3-4-5-6-7-8-9-10-11-12-13-14-15-16-17-19-27-25(29)24-22-31-26(28-24)23-18-20-30-21-23/h18,20-21,24,26,28H,2-17,19,22H2,1H3,(H,27,29). The average molecular weight is 451 g/mol. The van der Waals surface area contributed by atoms with Crippen LogP contribution in [0.1, 0.15) is 121 Å². The van der Waals surface area contributed by atoms with E-state index in [1.807, 2.05) is 6.07 Å². The Bertz CT molecular complexity index is 550. The van der Waals surface area contributed by atoms with Crippen molar-refractivity contribution in [1.82, 2.24) is 10.6 Å². The van der Waals surface area contributed by atoms with Crippen LogP contribution in [0.2, 0.25) is 0 Å². The van der Waals surface area contributed by atoms with E-state index in [1.165, 1.54) is 96.3 Å². The third-order valence-electron chi connectivity index (χ3n) is 6.27. The van der Waals surface area contributed by atoms with E-state index >= 15 is 0 Å². The van der Waals surface area contributed by atoms with Gasteiger partial charge in [0.1, 0.15) is 0 Å². The topological polar surface area (TPSA) is 54.3 Å². The van der Waals surface area contributed by atoms with Crippen LogP contribution in [0.15, 0.2) is 23.0 Å². The number of hydrogen-bond acceptors (Lipinski definition) is 4. The largest absolute Gasteiger partial charge is 0.472 e. The van der Waals surface area contributed by atoms with Crippen molar-refractivity contribution in [3.05, 3.63) is 24.2 Å². The van der Waals surface area contributed by atoms with Gasteiger partial charge < -0.3 is 9.73 Å². The van der Waals surface area contributed by atoms with Gasteiger partial charge in [0.15, 0.2) is 0 Å². The van der Waals surface area contributed by atoms with Gasteiger partial charge in [-0.2, -0.15) is 0 Å². The number of nitrogens with one attached hydrogen (secondary N) is 2. The summed E-state index contributed by atoms with van der Waals surface area (Å²) in [5.41, 5.74) is 1.11. The highest BCUT2D eigenvalue weighted by atomic mass is 32.2. The van der Waals surface area contributed by atoms with E-state index in [2.05, 4.69) is 17.6 Å². The summed E-state index contributed by atoms with van der Waals surface area (Å²) in [5, 5.41) is 6.66. The fourth-order valence-electron chi connectivity index (χ4n) is 4.25. The van der Waals surface area contributed by atoms with Crippen LogP contribution >= 0.6 is 11.8 Å². The maximum absolute atomic E-state index is 12.3. The first kappa shape index (κ1) is 26.3. The summed E-state index contributed by atoms with van der Waals surface area (Å²) in [4.78, 5) is 12.3. The van der Waals surface area contributed by atoms with Gasteiger partial charge in [-0.05, 0) is 12.5 Å². The molecule has 0 bridgehead atoms. The van der Waals surface area contributed by atoms with E-state index in [0.717, 1.165) is 24.3 Å². The summed E-state index contributed by atoms with van der Waals surface area (Å²) in [5.74, 6) is 0.958. The van der Waals surface area contributed by atoms with Gasteiger partial charge in [0.2, 0.25) is 5.91 Å². The Morgan fingerprint density at radius 3 is 2.00 bits per heavy atom. The molecule has 5 heteroatoms. The molecule has 0 radical (unpaired) electrons. The second kappa shape index (κ2) is 17.6. The summed E-state index contributed by atoms with van der Waals surface area (Å²) in [6.45, 7) is 3.09. The molecule has 2 heterocycles. The molecule has 1 aromatic rings. The summed E-state index contributed by atoms with van der Waals surface area (Å²) in [6, 6.07) is 1.87. The zero-order chi connectivity index (χ0) is 22.0. The zero-order valence-electron chi connectivity index (χ0n) is 19.8. The molecule has 2 unspecified atom stereocenters. The van der Waals surface area contributed by atoms with Crippen molar-refractivity contribution < 1.29 is 9.21 Å². The van der Waals surface area contributed by atoms with Crippen LogP contribution in [0.25, 0.3) is 0 Å². The highest BCUT2D eigenvalue weighted by Crippen LogP contribution is 2.32. The van der Waals surface area contributed by atoms with E-state index in [1.54, 1.807) is 24.3 Å². The quantitative estimate of drug-likeness (QED) is 0.216. The van der Waals surface area contributed by atoms with Crippen molar-refractivity contribution in [3.63, 3.8) is 0 Å². The van der Waals surface area contributed by atoms with E-state index in [9.17, 15) is 4.79 Å². The second-order valence-corrected chi connectivity index (χ2v) is 10.2. The molecule has 2 rings (SSSR count). The van der Waals surface area contributed by atoms with Crippen molar-refractivity contribution in [1.29, 1.82) is 0 Å². The Labute approximate surface area is 195 Å². The third-order valence-corrected chi connectivity index (χ3v) is 7.54. The first-order valence-corrected chi connectivity index (χ1v) is 14.0. The van der Waals surface area contributed by atoms with Crippen LogP contribution < -0.4 is 10.6 Å². The fraction of sp³-hybridized carbons (Fsp3) is 0.808. The van der Waals surface area contributed by atoms with E-state index in [0.29, 0.717) is 0 Å². The lowest BCUT2D eigenvalue weighted by Gasteiger charge is -2.12.